The highest BCUT2D eigenvalue weighted by Gasteiger charge is 2.31. The third-order valence-corrected chi connectivity index (χ3v) is 3.29. The second-order valence-electron chi connectivity index (χ2n) is 4.91. The summed E-state index contributed by atoms with van der Waals surface area (Å²) in [5, 5.41) is 11.7. The Morgan fingerprint density at radius 2 is 2.05 bits per heavy atom. The van der Waals surface area contributed by atoms with E-state index in [1.807, 2.05) is 0 Å². The van der Waals surface area contributed by atoms with E-state index in [1.165, 1.54) is 11.0 Å². The average molecular weight is 324 g/mol. The van der Waals surface area contributed by atoms with E-state index in [1.54, 1.807) is 26.0 Å². The quantitative estimate of drug-likeness (QED) is 0.378. The van der Waals surface area contributed by atoms with Crippen LogP contribution < -0.4 is 5.73 Å². The number of amidine groups is 1. The molecule has 0 aliphatic heterocycles. The van der Waals surface area contributed by atoms with E-state index in [0.717, 1.165) is 0 Å². The molecular formula is C13H17ClF3N3O. The van der Waals surface area contributed by atoms with Gasteiger partial charge < -0.3 is 10.9 Å². The maximum absolute atomic E-state index is 12.6. The lowest BCUT2D eigenvalue weighted by atomic mass is 10.1. The van der Waals surface area contributed by atoms with Gasteiger partial charge >= 0.3 is 6.18 Å². The molecule has 0 fully saturated rings. The van der Waals surface area contributed by atoms with Crippen molar-refractivity contribution in [1.82, 2.24) is 4.90 Å². The van der Waals surface area contributed by atoms with Gasteiger partial charge in [0.15, 0.2) is 5.84 Å². The summed E-state index contributed by atoms with van der Waals surface area (Å²) >= 11 is 6.05. The van der Waals surface area contributed by atoms with Gasteiger partial charge in [-0.15, -0.1) is 0 Å². The van der Waals surface area contributed by atoms with Crippen LogP contribution in [-0.4, -0.2) is 34.7 Å². The van der Waals surface area contributed by atoms with Gasteiger partial charge in [-0.25, -0.2) is 0 Å². The Balaban J connectivity index is 2.95. The molecule has 3 N–H and O–H groups in total. The first kappa shape index (κ1) is 17.6. The molecule has 1 aromatic carbocycles. The Kier molecular flexibility index (Phi) is 5.86. The third-order valence-electron chi connectivity index (χ3n) is 2.94. The molecule has 0 aliphatic rings. The molecule has 8 heteroatoms. The highest BCUT2D eigenvalue weighted by molar-refractivity contribution is 6.31. The highest BCUT2D eigenvalue weighted by Crippen LogP contribution is 2.24. The van der Waals surface area contributed by atoms with E-state index in [2.05, 4.69) is 5.16 Å². The van der Waals surface area contributed by atoms with Gasteiger partial charge in [-0.05, 0) is 25.5 Å². The van der Waals surface area contributed by atoms with Crippen LogP contribution in [0.2, 0.25) is 5.02 Å². The van der Waals surface area contributed by atoms with E-state index in [0.29, 0.717) is 11.1 Å². The van der Waals surface area contributed by atoms with Crippen LogP contribution in [0.25, 0.3) is 0 Å². The molecule has 0 saturated heterocycles. The number of hydrogen-bond donors (Lipinski definition) is 2. The smallest absolute Gasteiger partial charge is 0.401 e. The molecule has 0 aliphatic carbocycles. The molecule has 0 radical (unpaired) electrons. The fourth-order valence-corrected chi connectivity index (χ4v) is 2.00. The molecule has 1 aromatic rings. The van der Waals surface area contributed by atoms with Crippen molar-refractivity contribution in [3.63, 3.8) is 0 Å². The predicted octanol–water partition coefficient (Wildman–Crippen LogP) is 3.21. The first-order chi connectivity index (χ1) is 9.64. The molecular weight excluding hydrogens is 307 g/mol. The molecule has 0 amide bonds. The summed E-state index contributed by atoms with van der Waals surface area (Å²) in [7, 11) is 0. The Labute approximate surface area is 126 Å². The van der Waals surface area contributed by atoms with Crippen LogP contribution in [0.1, 0.15) is 25.0 Å². The first-order valence-corrected chi connectivity index (χ1v) is 6.59. The van der Waals surface area contributed by atoms with Crippen molar-refractivity contribution >= 4 is 17.4 Å². The van der Waals surface area contributed by atoms with Crippen LogP contribution in [0.5, 0.6) is 0 Å². The summed E-state index contributed by atoms with van der Waals surface area (Å²) in [5.74, 6) is -0.112. The van der Waals surface area contributed by atoms with E-state index in [4.69, 9.17) is 22.5 Å². The molecule has 21 heavy (non-hydrogen) atoms. The largest absolute Gasteiger partial charge is 0.409 e. The fraction of sp³-hybridized carbons (Fsp3) is 0.462. The zero-order valence-corrected chi connectivity index (χ0v) is 12.4. The van der Waals surface area contributed by atoms with Crippen molar-refractivity contribution in [2.24, 2.45) is 10.9 Å². The second-order valence-corrected chi connectivity index (χ2v) is 5.31. The molecule has 1 rings (SSSR count). The average Bonchev–Trinajstić information content (AvgIpc) is 2.37. The molecule has 0 bridgehead atoms. The van der Waals surface area contributed by atoms with Crippen molar-refractivity contribution in [2.45, 2.75) is 32.6 Å². The van der Waals surface area contributed by atoms with Crippen LogP contribution in [-0.2, 0) is 6.54 Å². The molecule has 0 unspecified atom stereocenters. The summed E-state index contributed by atoms with van der Waals surface area (Å²) < 4.78 is 37.7. The number of alkyl halides is 3. The maximum atomic E-state index is 12.6. The minimum absolute atomic E-state index is 0.0620. The Morgan fingerprint density at radius 3 is 2.48 bits per heavy atom. The molecule has 118 valence electrons. The van der Waals surface area contributed by atoms with Gasteiger partial charge in [0.2, 0.25) is 0 Å². The van der Waals surface area contributed by atoms with Gasteiger partial charge in [0.05, 0.1) is 6.54 Å². The summed E-state index contributed by atoms with van der Waals surface area (Å²) in [5.41, 5.74) is 6.37. The van der Waals surface area contributed by atoms with Crippen LogP contribution in [0.3, 0.4) is 0 Å². The van der Waals surface area contributed by atoms with E-state index in [9.17, 15) is 13.2 Å². The van der Waals surface area contributed by atoms with Crippen molar-refractivity contribution in [1.29, 1.82) is 0 Å². The maximum Gasteiger partial charge on any atom is 0.401 e. The van der Waals surface area contributed by atoms with Crippen molar-refractivity contribution < 1.29 is 18.4 Å². The Bertz CT molecular complexity index is 518. The van der Waals surface area contributed by atoms with Crippen molar-refractivity contribution in [3.05, 3.63) is 34.3 Å². The fourth-order valence-electron chi connectivity index (χ4n) is 1.76. The number of nitrogens with zero attached hydrogens (tertiary/aromatic N) is 2. The zero-order valence-electron chi connectivity index (χ0n) is 11.7. The molecule has 4 nitrogen and oxygen atoms in total. The standard InChI is InChI=1S/C13H17ClF3N3O/c1-8(2)20(7-13(15,16)17)6-10-4-3-9(5-11(10)14)12(18)19-21/h3-5,8,21H,6-7H2,1-2H3,(H2,18,19). The predicted molar refractivity (Wildman–Crippen MR) is 75.6 cm³/mol. The topological polar surface area (TPSA) is 61.8 Å². The lowest BCUT2D eigenvalue weighted by Gasteiger charge is -2.27. The summed E-state index contributed by atoms with van der Waals surface area (Å²) in [6.45, 7) is 2.42. The van der Waals surface area contributed by atoms with Gasteiger partial charge in [0.1, 0.15) is 0 Å². The van der Waals surface area contributed by atoms with E-state index in [-0.39, 0.29) is 23.4 Å². The SMILES string of the molecule is CC(C)N(Cc1ccc(/C(N)=N/O)cc1Cl)CC(F)(F)F. The lowest BCUT2D eigenvalue weighted by Crippen LogP contribution is -2.38. The van der Waals surface area contributed by atoms with Gasteiger partial charge in [-0.1, -0.05) is 28.9 Å². The minimum atomic E-state index is -4.27. The molecule has 0 heterocycles. The Hall–Kier alpha value is -1.47. The van der Waals surface area contributed by atoms with Crippen molar-refractivity contribution in [2.75, 3.05) is 6.54 Å². The molecule has 0 aromatic heterocycles. The second kappa shape index (κ2) is 7.00. The van der Waals surface area contributed by atoms with Crippen molar-refractivity contribution in [3.8, 4) is 0 Å². The van der Waals surface area contributed by atoms with Gasteiger partial charge in [0.25, 0.3) is 0 Å². The van der Waals surface area contributed by atoms with Gasteiger partial charge in [-0.2, -0.15) is 13.2 Å². The molecule has 0 saturated carbocycles. The summed E-state index contributed by atoms with van der Waals surface area (Å²) in [4.78, 5) is 1.27. The monoisotopic (exact) mass is 323 g/mol. The number of benzene rings is 1. The van der Waals surface area contributed by atoms with Gasteiger partial charge in [0, 0.05) is 23.2 Å². The number of oxime groups is 1. The van der Waals surface area contributed by atoms with Gasteiger partial charge in [-0.3, -0.25) is 4.90 Å². The highest BCUT2D eigenvalue weighted by atomic mass is 35.5. The summed E-state index contributed by atoms with van der Waals surface area (Å²) in [6.07, 6.45) is -4.27. The molecule has 0 atom stereocenters. The van der Waals surface area contributed by atoms with Crippen LogP contribution in [0.4, 0.5) is 13.2 Å². The number of rotatable bonds is 5. The zero-order chi connectivity index (χ0) is 16.2. The minimum Gasteiger partial charge on any atom is -0.409 e. The van der Waals surface area contributed by atoms with E-state index >= 15 is 0 Å². The molecule has 0 spiro atoms. The number of halogens is 4. The van der Waals surface area contributed by atoms with E-state index < -0.39 is 12.7 Å². The van der Waals surface area contributed by atoms with Crippen LogP contribution in [0, 0.1) is 0 Å². The number of hydrogen-bond acceptors (Lipinski definition) is 3. The Morgan fingerprint density at radius 1 is 1.43 bits per heavy atom. The van der Waals surface area contributed by atoms with Crippen LogP contribution in [0.15, 0.2) is 23.4 Å². The van der Waals surface area contributed by atoms with Crippen LogP contribution >= 0.6 is 11.6 Å². The first-order valence-electron chi connectivity index (χ1n) is 6.21. The summed E-state index contributed by atoms with van der Waals surface area (Å²) in [6, 6.07) is 4.29. The normalized spacial score (nSPS) is 13.2. The lowest BCUT2D eigenvalue weighted by molar-refractivity contribution is -0.150. The number of nitrogens with two attached hydrogens (primary N) is 1. The third kappa shape index (κ3) is 5.43.